The predicted molar refractivity (Wildman–Crippen MR) is 93.6 cm³/mol. The highest BCUT2D eigenvalue weighted by atomic mass is 35.5. The largest absolute Gasteiger partial charge is 0.384 e. The number of amides is 2. The molecule has 0 saturated heterocycles. The molecule has 5 N–H and O–H groups in total. The summed E-state index contributed by atoms with van der Waals surface area (Å²) in [6.45, 7) is 1.98. The molecule has 1 atom stereocenters. The zero-order chi connectivity index (χ0) is 17.9. The highest BCUT2D eigenvalue weighted by Gasteiger charge is 2.27. The summed E-state index contributed by atoms with van der Waals surface area (Å²) in [6.07, 6.45) is 0. The van der Waals surface area contributed by atoms with E-state index in [-0.39, 0.29) is 11.6 Å². The summed E-state index contributed by atoms with van der Waals surface area (Å²) in [5, 5.41) is 3.25. The van der Waals surface area contributed by atoms with Crippen LogP contribution in [0, 0.1) is 6.92 Å². The smallest absolute Gasteiger partial charge is 0.237 e. The summed E-state index contributed by atoms with van der Waals surface area (Å²) in [5.41, 5.74) is 12.8. The van der Waals surface area contributed by atoms with E-state index in [4.69, 9.17) is 34.7 Å². The van der Waals surface area contributed by atoms with E-state index in [9.17, 15) is 9.59 Å². The number of carbonyl (C=O) groups excluding carboxylic acids is 2. The molecule has 2 rings (SSSR count). The fraction of sp³-hybridized carbons (Fsp3) is 0.188. The number of halogens is 2. The van der Waals surface area contributed by atoms with Crippen molar-refractivity contribution in [3.8, 4) is 0 Å². The minimum Gasteiger partial charge on any atom is -0.384 e. The number of nitrogens with two attached hydrogens (primary N) is 2. The maximum absolute atomic E-state index is 12.4. The highest BCUT2D eigenvalue weighted by molar-refractivity contribution is 6.42. The average Bonchev–Trinajstić information content (AvgIpc) is 2.50. The number of anilines is 1. The molecule has 0 saturated carbocycles. The van der Waals surface area contributed by atoms with Gasteiger partial charge < -0.3 is 16.8 Å². The average molecular weight is 367 g/mol. The maximum Gasteiger partial charge on any atom is 0.237 e. The van der Waals surface area contributed by atoms with Gasteiger partial charge in [-0.05, 0) is 36.2 Å². The Labute approximate surface area is 149 Å². The molecule has 2 amide bonds. The molecule has 126 valence electrons. The van der Waals surface area contributed by atoms with E-state index in [1.54, 1.807) is 25.1 Å². The topological polar surface area (TPSA) is 111 Å². The molecule has 1 heterocycles. The van der Waals surface area contributed by atoms with Crippen LogP contribution in [0.15, 0.2) is 30.3 Å². The molecule has 0 spiro atoms. The van der Waals surface area contributed by atoms with Gasteiger partial charge in [-0.15, -0.1) is 0 Å². The quantitative estimate of drug-likeness (QED) is 0.703. The van der Waals surface area contributed by atoms with E-state index >= 15 is 0 Å². The summed E-state index contributed by atoms with van der Waals surface area (Å²) in [6, 6.07) is 7.90. The summed E-state index contributed by atoms with van der Waals surface area (Å²) in [4.78, 5) is 28.2. The van der Waals surface area contributed by atoms with Crippen LogP contribution in [0.5, 0.6) is 0 Å². The number of nitrogen functional groups attached to an aromatic ring is 1. The molecule has 0 aliphatic heterocycles. The van der Waals surface area contributed by atoms with Crippen molar-refractivity contribution in [2.24, 2.45) is 5.73 Å². The van der Waals surface area contributed by atoms with Crippen molar-refractivity contribution in [3.05, 3.63) is 57.2 Å². The number of primary amides is 1. The first-order valence-electron chi connectivity index (χ1n) is 7.03. The molecule has 24 heavy (non-hydrogen) atoms. The van der Waals surface area contributed by atoms with Crippen LogP contribution in [0.3, 0.4) is 0 Å². The Morgan fingerprint density at radius 1 is 1.21 bits per heavy atom. The fourth-order valence-corrected chi connectivity index (χ4v) is 2.52. The van der Waals surface area contributed by atoms with Gasteiger partial charge in [0.2, 0.25) is 11.8 Å². The van der Waals surface area contributed by atoms with Gasteiger partial charge in [-0.1, -0.05) is 35.3 Å². The van der Waals surface area contributed by atoms with Gasteiger partial charge >= 0.3 is 0 Å². The Balaban J connectivity index is 2.17. The molecule has 0 bridgehead atoms. The summed E-state index contributed by atoms with van der Waals surface area (Å²) >= 11 is 11.8. The molecule has 2 aromatic rings. The van der Waals surface area contributed by atoms with Crippen LogP contribution < -0.4 is 16.8 Å². The van der Waals surface area contributed by atoms with Crippen LogP contribution in [-0.4, -0.2) is 16.8 Å². The number of rotatable bonds is 5. The van der Waals surface area contributed by atoms with E-state index in [1.165, 1.54) is 12.1 Å². The minimum absolute atomic E-state index is 0.197. The number of pyridine rings is 1. The second kappa shape index (κ2) is 7.51. The van der Waals surface area contributed by atoms with Crippen molar-refractivity contribution >= 4 is 40.8 Å². The van der Waals surface area contributed by atoms with E-state index in [0.29, 0.717) is 22.1 Å². The second-order valence-electron chi connectivity index (χ2n) is 5.21. The Morgan fingerprint density at radius 2 is 1.92 bits per heavy atom. The zero-order valence-electron chi connectivity index (χ0n) is 12.8. The van der Waals surface area contributed by atoms with Crippen molar-refractivity contribution in [2.45, 2.75) is 19.4 Å². The minimum atomic E-state index is -1.16. The Morgan fingerprint density at radius 3 is 2.50 bits per heavy atom. The van der Waals surface area contributed by atoms with Crippen molar-refractivity contribution < 1.29 is 9.59 Å². The summed E-state index contributed by atoms with van der Waals surface area (Å²) in [7, 11) is 0. The molecule has 0 unspecified atom stereocenters. The number of hydrogen-bond acceptors (Lipinski definition) is 4. The van der Waals surface area contributed by atoms with Gasteiger partial charge in [0.1, 0.15) is 11.7 Å². The normalized spacial score (nSPS) is 11.8. The van der Waals surface area contributed by atoms with E-state index in [1.807, 2.05) is 0 Å². The number of benzene rings is 1. The lowest BCUT2D eigenvalue weighted by atomic mass is 9.97. The third kappa shape index (κ3) is 4.15. The van der Waals surface area contributed by atoms with Gasteiger partial charge in [-0.3, -0.25) is 9.59 Å². The van der Waals surface area contributed by atoms with E-state index in [2.05, 4.69) is 10.3 Å². The molecule has 0 radical (unpaired) electrons. The van der Waals surface area contributed by atoms with Crippen molar-refractivity contribution in [3.63, 3.8) is 0 Å². The van der Waals surface area contributed by atoms with Gasteiger partial charge in [0, 0.05) is 12.2 Å². The zero-order valence-corrected chi connectivity index (χ0v) is 14.4. The molecule has 8 heteroatoms. The second-order valence-corrected chi connectivity index (χ2v) is 6.02. The standard InChI is InChI=1S/C16H16Cl2N4O2/c1-8-10(3-5-13(19)22-8)7-21-16(24)14(15(20)23)9-2-4-11(17)12(18)6-9/h2-6,14H,7H2,1H3,(H2,19,22)(H2,20,23)(H,21,24)/t14-/m0/s1. The van der Waals surface area contributed by atoms with Crippen LogP contribution in [-0.2, 0) is 16.1 Å². The molecular weight excluding hydrogens is 351 g/mol. The van der Waals surface area contributed by atoms with Crippen LogP contribution in [0.25, 0.3) is 0 Å². The van der Waals surface area contributed by atoms with Gasteiger partial charge in [-0.2, -0.15) is 0 Å². The van der Waals surface area contributed by atoms with Gasteiger partial charge in [0.25, 0.3) is 0 Å². The number of hydrogen-bond donors (Lipinski definition) is 3. The number of aromatic nitrogens is 1. The lowest BCUT2D eigenvalue weighted by Gasteiger charge is -2.15. The third-order valence-corrected chi connectivity index (χ3v) is 4.23. The first-order chi connectivity index (χ1) is 11.3. The maximum atomic E-state index is 12.4. The van der Waals surface area contributed by atoms with E-state index in [0.717, 1.165) is 5.56 Å². The molecule has 0 aliphatic rings. The highest BCUT2D eigenvalue weighted by Crippen LogP contribution is 2.26. The Bertz CT molecular complexity index is 796. The number of aryl methyl sites for hydroxylation is 1. The lowest BCUT2D eigenvalue weighted by Crippen LogP contribution is -2.36. The monoisotopic (exact) mass is 366 g/mol. The third-order valence-electron chi connectivity index (χ3n) is 3.49. The van der Waals surface area contributed by atoms with E-state index < -0.39 is 17.7 Å². The number of nitrogens with zero attached hydrogens (tertiary/aromatic N) is 1. The van der Waals surface area contributed by atoms with Crippen LogP contribution in [0.1, 0.15) is 22.7 Å². The Kier molecular flexibility index (Phi) is 5.64. The summed E-state index contributed by atoms with van der Waals surface area (Å²) < 4.78 is 0. The molecule has 1 aromatic heterocycles. The number of carbonyl (C=O) groups is 2. The molecule has 0 aliphatic carbocycles. The summed E-state index contributed by atoms with van der Waals surface area (Å²) in [5.74, 6) is -2.08. The fourth-order valence-electron chi connectivity index (χ4n) is 2.22. The number of nitrogens with one attached hydrogen (secondary N) is 1. The van der Waals surface area contributed by atoms with Crippen LogP contribution >= 0.6 is 23.2 Å². The Hall–Kier alpha value is -2.31. The first kappa shape index (κ1) is 18.0. The molecule has 6 nitrogen and oxygen atoms in total. The van der Waals surface area contributed by atoms with Crippen LogP contribution in [0.2, 0.25) is 10.0 Å². The molecular formula is C16H16Cl2N4O2. The van der Waals surface area contributed by atoms with Gasteiger partial charge in [0.15, 0.2) is 0 Å². The molecule has 1 aromatic carbocycles. The van der Waals surface area contributed by atoms with Gasteiger partial charge in [-0.25, -0.2) is 4.98 Å². The van der Waals surface area contributed by atoms with Gasteiger partial charge in [0.05, 0.1) is 10.0 Å². The van der Waals surface area contributed by atoms with Crippen molar-refractivity contribution in [1.82, 2.24) is 10.3 Å². The van der Waals surface area contributed by atoms with Crippen LogP contribution in [0.4, 0.5) is 5.82 Å². The van der Waals surface area contributed by atoms with Crippen molar-refractivity contribution in [2.75, 3.05) is 5.73 Å². The molecule has 0 fully saturated rings. The SMILES string of the molecule is Cc1nc(N)ccc1CNC(=O)[C@H](C(N)=O)c1ccc(Cl)c(Cl)c1. The predicted octanol–water partition coefficient (Wildman–Crippen LogP) is 2.16. The first-order valence-corrected chi connectivity index (χ1v) is 7.79. The lowest BCUT2D eigenvalue weighted by molar-refractivity contribution is -0.130. The van der Waals surface area contributed by atoms with Crippen molar-refractivity contribution in [1.29, 1.82) is 0 Å².